The van der Waals surface area contributed by atoms with Gasteiger partial charge in [0.05, 0.1) is 5.56 Å². The number of hydrogen-bond donors (Lipinski definition) is 2. The average molecular weight is 401 g/mol. The molecule has 0 saturated carbocycles. The van der Waals surface area contributed by atoms with Gasteiger partial charge in [0.2, 0.25) is 5.91 Å². The van der Waals surface area contributed by atoms with Crippen molar-refractivity contribution in [2.75, 3.05) is 18.4 Å². The molecule has 0 spiro atoms. The van der Waals surface area contributed by atoms with Gasteiger partial charge in [0.15, 0.2) is 0 Å². The quantitative estimate of drug-likeness (QED) is 0.764. The van der Waals surface area contributed by atoms with Crippen LogP contribution in [-0.2, 0) is 11.0 Å². The third-order valence-electron chi connectivity index (χ3n) is 4.48. The van der Waals surface area contributed by atoms with Gasteiger partial charge in [0.25, 0.3) is 0 Å². The lowest BCUT2D eigenvalue weighted by Crippen LogP contribution is -2.48. The summed E-state index contributed by atoms with van der Waals surface area (Å²) < 4.78 is 44.4. The third kappa shape index (κ3) is 5.14. The minimum Gasteiger partial charge on any atom is -0.457 e. The number of amides is 1. The van der Waals surface area contributed by atoms with Gasteiger partial charge in [-0.25, -0.2) is 0 Å². The highest BCUT2D eigenvalue weighted by atomic mass is 35.5. The molecule has 4 nitrogen and oxygen atoms in total. The Morgan fingerprint density at radius 2 is 1.78 bits per heavy atom. The zero-order valence-electron chi connectivity index (χ0n) is 14.5. The minimum absolute atomic E-state index is 0. The van der Waals surface area contributed by atoms with Crippen LogP contribution < -0.4 is 15.4 Å². The van der Waals surface area contributed by atoms with E-state index in [-0.39, 0.29) is 35.7 Å². The van der Waals surface area contributed by atoms with E-state index in [4.69, 9.17) is 4.74 Å². The molecule has 2 aromatic rings. The number of hydrogen-bond acceptors (Lipinski definition) is 3. The first-order valence-electron chi connectivity index (χ1n) is 8.30. The molecule has 2 aromatic carbocycles. The molecule has 27 heavy (non-hydrogen) atoms. The van der Waals surface area contributed by atoms with Gasteiger partial charge in [-0.3, -0.25) is 4.79 Å². The fourth-order valence-electron chi connectivity index (χ4n) is 2.66. The maximum absolute atomic E-state index is 13.0. The van der Waals surface area contributed by atoms with Crippen molar-refractivity contribution in [1.29, 1.82) is 0 Å². The number of halogens is 4. The lowest BCUT2D eigenvalue weighted by atomic mass is 9.88. The van der Waals surface area contributed by atoms with Crippen LogP contribution in [0.2, 0.25) is 0 Å². The Morgan fingerprint density at radius 3 is 2.33 bits per heavy atom. The van der Waals surface area contributed by atoms with Crippen molar-refractivity contribution in [2.45, 2.75) is 13.1 Å². The molecule has 1 heterocycles. The van der Waals surface area contributed by atoms with Gasteiger partial charge in [0, 0.05) is 11.6 Å². The van der Waals surface area contributed by atoms with Crippen LogP contribution in [0.15, 0.2) is 48.5 Å². The zero-order valence-corrected chi connectivity index (χ0v) is 15.4. The van der Waals surface area contributed by atoms with Crippen molar-refractivity contribution >= 4 is 24.0 Å². The van der Waals surface area contributed by atoms with Crippen molar-refractivity contribution in [3.63, 3.8) is 0 Å². The van der Waals surface area contributed by atoms with Gasteiger partial charge in [-0.15, -0.1) is 12.4 Å². The van der Waals surface area contributed by atoms with Crippen molar-refractivity contribution in [3.8, 4) is 11.5 Å². The molecule has 0 bridgehead atoms. The number of benzene rings is 2. The lowest BCUT2D eigenvalue weighted by Gasteiger charge is -2.31. The van der Waals surface area contributed by atoms with Gasteiger partial charge in [-0.2, -0.15) is 13.2 Å². The topological polar surface area (TPSA) is 50.4 Å². The van der Waals surface area contributed by atoms with Crippen LogP contribution in [-0.4, -0.2) is 19.0 Å². The average Bonchev–Trinajstić information content (AvgIpc) is 2.54. The number of para-hydroxylation sites is 1. The van der Waals surface area contributed by atoms with Crippen LogP contribution >= 0.6 is 12.4 Å². The molecule has 1 atom stereocenters. The first kappa shape index (κ1) is 21.1. The molecule has 1 fully saturated rings. The summed E-state index contributed by atoms with van der Waals surface area (Å²) in [4.78, 5) is 12.2. The van der Waals surface area contributed by atoms with E-state index in [1.807, 2.05) is 6.92 Å². The van der Waals surface area contributed by atoms with Gasteiger partial charge in [-0.1, -0.05) is 19.1 Å². The Kier molecular flexibility index (Phi) is 6.73. The summed E-state index contributed by atoms with van der Waals surface area (Å²) in [5, 5.41) is 5.95. The van der Waals surface area contributed by atoms with Crippen molar-refractivity contribution in [2.24, 2.45) is 11.8 Å². The summed E-state index contributed by atoms with van der Waals surface area (Å²) in [7, 11) is 0. The number of ether oxygens (including phenoxy) is 1. The Labute approximate surface area is 161 Å². The van der Waals surface area contributed by atoms with E-state index in [1.165, 1.54) is 30.3 Å². The second-order valence-electron chi connectivity index (χ2n) is 6.32. The fourth-order valence-corrected chi connectivity index (χ4v) is 2.66. The molecule has 1 unspecified atom stereocenters. The van der Waals surface area contributed by atoms with E-state index >= 15 is 0 Å². The van der Waals surface area contributed by atoms with E-state index in [1.54, 1.807) is 12.1 Å². The fraction of sp³-hybridized carbons (Fsp3) is 0.316. The van der Waals surface area contributed by atoms with Crippen LogP contribution in [0.4, 0.5) is 18.9 Å². The number of nitrogens with one attached hydrogen (secondary N) is 2. The standard InChI is InChI=1S/C19H19F3N2O2.ClH/c1-12(13-10-23-11-13)18(25)24-14-6-8-15(9-7-14)26-17-5-3-2-4-16(17)19(20,21)22;/h2-9,12-13,23H,10-11H2,1H3,(H,24,25);1H. The molecule has 1 aliphatic rings. The molecule has 1 saturated heterocycles. The second kappa shape index (κ2) is 8.63. The minimum atomic E-state index is -4.49. The molecular weight excluding hydrogens is 381 g/mol. The number of carbonyl (C=O) groups excluding carboxylic acids is 1. The molecule has 1 aliphatic heterocycles. The summed E-state index contributed by atoms with van der Waals surface area (Å²) in [6.45, 7) is 3.55. The molecule has 0 radical (unpaired) electrons. The maximum Gasteiger partial charge on any atom is 0.419 e. The smallest absolute Gasteiger partial charge is 0.419 e. The molecule has 146 valence electrons. The molecule has 8 heteroatoms. The van der Waals surface area contributed by atoms with E-state index in [0.717, 1.165) is 19.2 Å². The van der Waals surface area contributed by atoms with Gasteiger partial charge in [0.1, 0.15) is 11.5 Å². The first-order chi connectivity index (χ1) is 12.3. The van der Waals surface area contributed by atoms with Crippen LogP contribution in [0.3, 0.4) is 0 Å². The second-order valence-corrected chi connectivity index (χ2v) is 6.32. The van der Waals surface area contributed by atoms with Crippen LogP contribution in [0, 0.1) is 11.8 Å². The van der Waals surface area contributed by atoms with Gasteiger partial charge in [-0.05, 0) is 55.4 Å². The molecular formula is C19H20ClF3N2O2. The third-order valence-corrected chi connectivity index (χ3v) is 4.48. The van der Waals surface area contributed by atoms with Gasteiger partial charge >= 0.3 is 6.18 Å². The molecule has 0 aromatic heterocycles. The highest BCUT2D eigenvalue weighted by Gasteiger charge is 2.34. The summed E-state index contributed by atoms with van der Waals surface area (Å²) >= 11 is 0. The highest BCUT2D eigenvalue weighted by molar-refractivity contribution is 5.92. The monoisotopic (exact) mass is 400 g/mol. The molecule has 0 aliphatic carbocycles. The number of rotatable bonds is 5. The summed E-state index contributed by atoms with van der Waals surface area (Å²) in [6, 6.07) is 11.3. The van der Waals surface area contributed by atoms with E-state index in [0.29, 0.717) is 11.6 Å². The summed E-state index contributed by atoms with van der Waals surface area (Å²) in [5.74, 6) is 0.147. The molecule has 1 amide bonds. The summed E-state index contributed by atoms with van der Waals surface area (Å²) in [5.41, 5.74) is -0.258. The van der Waals surface area contributed by atoms with E-state index < -0.39 is 11.7 Å². The van der Waals surface area contributed by atoms with E-state index in [9.17, 15) is 18.0 Å². The zero-order chi connectivity index (χ0) is 18.7. The van der Waals surface area contributed by atoms with Gasteiger partial charge < -0.3 is 15.4 Å². The van der Waals surface area contributed by atoms with Crippen molar-refractivity contribution < 1.29 is 22.7 Å². The largest absolute Gasteiger partial charge is 0.457 e. The number of carbonyl (C=O) groups is 1. The maximum atomic E-state index is 13.0. The lowest BCUT2D eigenvalue weighted by molar-refractivity contribution is -0.138. The number of anilines is 1. The Bertz CT molecular complexity index is 777. The highest BCUT2D eigenvalue weighted by Crippen LogP contribution is 2.38. The Hall–Kier alpha value is -2.25. The number of alkyl halides is 3. The van der Waals surface area contributed by atoms with Crippen LogP contribution in [0.5, 0.6) is 11.5 Å². The Balaban J connectivity index is 0.00000261. The Morgan fingerprint density at radius 1 is 1.15 bits per heavy atom. The van der Waals surface area contributed by atoms with Crippen molar-refractivity contribution in [1.82, 2.24) is 5.32 Å². The first-order valence-corrected chi connectivity index (χ1v) is 8.30. The molecule has 3 rings (SSSR count). The predicted molar refractivity (Wildman–Crippen MR) is 99.4 cm³/mol. The molecule has 2 N–H and O–H groups in total. The normalized spacial score (nSPS) is 15.3. The van der Waals surface area contributed by atoms with E-state index in [2.05, 4.69) is 10.6 Å². The SMILES string of the molecule is CC(C(=O)Nc1ccc(Oc2ccccc2C(F)(F)F)cc1)C1CNC1.Cl. The summed E-state index contributed by atoms with van der Waals surface area (Å²) in [6.07, 6.45) is -4.49. The van der Waals surface area contributed by atoms with Crippen LogP contribution in [0.1, 0.15) is 12.5 Å². The van der Waals surface area contributed by atoms with Crippen LogP contribution in [0.25, 0.3) is 0 Å². The predicted octanol–water partition coefficient (Wildman–Crippen LogP) is 4.71. The van der Waals surface area contributed by atoms with Crippen molar-refractivity contribution in [3.05, 3.63) is 54.1 Å².